The van der Waals surface area contributed by atoms with Gasteiger partial charge in [0.25, 0.3) is 0 Å². The van der Waals surface area contributed by atoms with Gasteiger partial charge < -0.3 is 0 Å². The Kier molecular flexibility index (Phi) is 5.57. The summed E-state index contributed by atoms with van der Waals surface area (Å²) in [5, 5.41) is 4.85. The van der Waals surface area contributed by atoms with Gasteiger partial charge in [0.1, 0.15) is 0 Å². The molecular formula is C26H21ClSi. The standard InChI is InChI=1S/C26H21ClSi/c27-26-19-11-10-12-22(26)20-21-28(23-13-4-1-5-14-23,24-15-6-2-7-16-24)25-17-8-3-9-18-25/h1-21H/b21-20+. The number of hydrogen-bond donors (Lipinski definition) is 0. The molecule has 0 amide bonds. The summed E-state index contributed by atoms with van der Waals surface area (Å²) in [4.78, 5) is 0. The maximum Gasteiger partial charge on any atom is 0.172 e. The molecule has 28 heavy (non-hydrogen) atoms. The Balaban J connectivity index is 2.00. The molecule has 0 unspecified atom stereocenters. The Bertz CT molecular complexity index is 960. The van der Waals surface area contributed by atoms with Gasteiger partial charge in [-0.15, -0.1) is 0 Å². The maximum absolute atomic E-state index is 6.46. The van der Waals surface area contributed by atoms with Crippen LogP contribution in [0.1, 0.15) is 5.56 Å². The van der Waals surface area contributed by atoms with E-state index in [0.29, 0.717) is 0 Å². The van der Waals surface area contributed by atoms with Gasteiger partial charge in [0, 0.05) is 5.02 Å². The number of hydrogen-bond acceptors (Lipinski definition) is 0. The summed E-state index contributed by atoms with van der Waals surface area (Å²) in [6.07, 6.45) is 2.20. The van der Waals surface area contributed by atoms with Crippen molar-refractivity contribution in [1.82, 2.24) is 0 Å². The SMILES string of the molecule is Clc1ccccc1/C=C/[Si](c1ccccc1)(c1ccccc1)c1ccccc1. The van der Waals surface area contributed by atoms with Crippen LogP contribution in [0.3, 0.4) is 0 Å². The molecule has 0 aromatic heterocycles. The summed E-state index contributed by atoms with van der Waals surface area (Å²) < 4.78 is 0. The summed E-state index contributed by atoms with van der Waals surface area (Å²) in [6.45, 7) is 0. The zero-order chi connectivity index (χ0) is 19.2. The molecule has 4 aromatic rings. The molecule has 0 bridgehead atoms. The van der Waals surface area contributed by atoms with Crippen LogP contribution in [0.2, 0.25) is 5.02 Å². The Morgan fingerprint density at radius 1 is 0.500 bits per heavy atom. The highest BCUT2D eigenvalue weighted by molar-refractivity contribution is 7.15. The second-order valence-corrected chi connectivity index (χ2v) is 10.8. The highest BCUT2D eigenvalue weighted by atomic mass is 35.5. The number of benzene rings is 4. The molecule has 0 atom stereocenters. The van der Waals surface area contributed by atoms with Gasteiger partial charge in [-0.1, -0.05) is 133 Å². The zero-order valence-corrected chi connectivity index (χ0v) is 17.3. The van der Waals surface area contributed by atoms with Gasteiger partial charge >= 0.3 is 0 Å². The second-order valence-electron chi connectivity index (χ2n) is 6.76. The van der Waals surface area contributed by atoms with E-state index in [1.54, 1.807) is 0 Å². The summed E-state index contributed by atoms with van der Waals surface area (Å²) in [5.41, 5.74) is 3.46. The van der Waals surface area contributed by atoms with Gasteiger partial charge in [0.2, 0.25) is 0 Å². The third kappa shape index (κ3) is 3.59. The largest absolute Gasteiger partial charge is 0.172 e. The summed E-state index contributed by atoms with van der Waals surface area (Å²) in [6, 6.07) is 40.6. The van der Waals surface area contributed by atoms with Crippen LogP contribution >= 0.6 is 11.6 Å². The van der Waals surface area contributed by atoms with E-state index in [1.807, 2.05) is 18.2 Å². The maximum atomic E-state index is 6.46. The molecular weight excluding hydrogens is 376 g/mol. The molecule has 0 spiro atoms. The number of rotatable bonds is 5. The fourth-order valence-corrected chi connectivity index (χ4v) is 8.08. The minimum Gasteiger partial charge on any atom is -0.0837 e. The summed E-state index contributed by atoms with van der Waals surface area (Å²) >= 11 is 6.46. The van der Waals surface area contributed by atoms with Crippen LogP contribution in [0.25, 0.3) is 6.08 Å². The van der Waals surface area contributed by atoms with E-state index < -0.39 is 8.07 Å². The van der Waals surface area contributed by atoms with Crippen molar-refractivity contribution in [2.24, 2.45) is 0 Å². The first-order valence-corrected chi connectivity index (χ1v) is 11.9. The highest BCUT2D eigenvalue weighted by Gasteiger charge is 2.36. The Morgan fingerprint density at radius 2 is 0.893 bits per heavy atom. The monoisotopic (exact) mass is 396 g/mol. The van der Waals surface area contributed by atoms with Gasteiger partial charge in [-0.05, 0) is 27.2 Å². The van der Waals surface area contributed by atoms with Crippen molar-refractivity contribution in [3.05, 3.63) is 132 Å². The van der Waals surface area contributed by atoms with E-state index in [1.165, 1.54) is 15.6 Å². The highest BCUT2D eigenvalue weighted by Crippen LogP contribution is 2.18. The van der Waals surface area contributed by atoms with E-state index in [0.717, 1.165) is 10.6 Å². The third-order valence-electron chi connectivity index (χ3n) is 5.11. The van der Waals surface area contributed by atoms with Crippen molar-refractivity contribution in [1.29, 1.82) is 0 Å². The molecule has 0 fully saturated rings. The van der Waals surface area contributed by atoms with Crippen molar-refractivity contribution < 1.29 is 0 Å². The first kappa shape index (κ1) is 18.5. The Labute approximate surface area is 172 Å². The summed E-state index contributed by atoms with van der Waals surface area (Å²) in [5.74, 6) is 0. The van der Waals surface area contributed by atoms with Crippen molar-refractivity contribution in [3.8, 4) is 0 Å². The predicted octanol–water partition coefficient (Wildman–Crippen LogP) is 5.06. The van der Waals surface area contributed by atoms with E-state index in [9.17, 15) is 0 Å². The van der Waals surface area contributed by atoms with Crippen molar-refractivity contribution >= 4 is 41.3 Å². The third-order valence-corrected chi connectivity index (χ3v) is 9.85. The van der Waals surface area contributed by atoms with Crippen LogP contribution in [0.15, 0.2) is 121 Å². The van der Waals surface area contributed by atoms with E-state index in [4.69, 9.17) is 11.6 Å². The molecule has 0 saturated heterocycles. The molecule has 0 aliphatic heterocycles. The van der Waals surface area contributed by atoms with Gasteiger partial charge in [0.15, 0.2) is 8.07 Å². The van der Waals surface area contributed by atoms with Gasteiger partial charge in [0.05, 0.1) is 0 Å². The zero-order valence-electron chi connectivity index (χ0n) is 15.5. The van der Waals surface area contributed by atoms with E-state index in [-0.39, 0.29) is 0 Å². The van der Waals surface area contributed by atoms with Gasteiger partial charge in [-0.25, -0.2) is 0 Å². The first-order chi connectivity index (χ1) is 13.8. The van der Waals surface area contributed by atoms with Crippen LogP contribution in [-0.2, 0) is 0 Å². The lowest BCUT2D eigenvalue weighted by Gasteiger charge is -2.30. The summed E-state index contributed by atoms with van der Waals surface area (Å²) in [7, 11) is -2.37. The predicted molar refractivity (Wildman–Crippen MR) is 124 cm³/mol. The lowest BCUT2D eigenvalue weighted by Crippen LogP contribution is -2.66. The molecule has 4 rings (SSSR count). The fraction of sp³-hybridized carbons (Fsp3) is 0. The molecule has 0 nitrogen and oxygen atoms in total. The normalized spacial score (nSPS) is 11.6. The van der Waals surface area contributed by atoms with Crippen molar-refractivity contribution in [3.63, 3.8) is 0 Å². The minimum absolute atomic E-state index is 0.774. The van der Waals surface area contributed by atoms with Crippen LogP contribution < -0.4 is 15.6 Å². The number of halogens is 1. The van der Waals surface area contributed by atoms with Crippen molar-refractivity contribution in [2.75, 3.05) is 0 Å². The van der Waals surface area contributed by atoms with Crippen molar-refractivity contribution in [2.45, 2.75) is 0 Å². The molecule has 0 saturated carbocycles. The molecule has 0 aliphatic rings. The topological polar surface area (TPSA) is 0 Å². The lowest BCUT2D eigenvalue weighted by atomic mass is 10.2. The van der Waals surface area contributed by atoms with Crippen LogP contribution in [-0.4, -0.2) is 8.07 Å². The minimum atomic E-state index is -2.37. The van der Waals surface area contributed by atoms with Crippen LogP contribution in [0.4, 0.5) is 0 Å². The average Bonchev–Trinajstić information content (AvgIpc) is 2.78. The quantitative estimate of drug-likeness (QED) is 0.326. The molecule has 0 radical (unpaired) electrons. The molecule has 4 aromatic carbocycles. The molecule has 136 valence electrons. The second kappa shape index (κ2) is 8.43. The van der Waals surface area contributed by atoms with Gasteiger partial charge in [-0.2, -0.15) is 0 Å². The average molecular weight is 397 g/mol. The van der Waals surface area contributed by atoms with E-state index in [2.05, 4.69) is 109 Å². The van der Waals surface area contributed by atoms with Crippen LogP contribution in [0, 0.1) is 0 Å². The first-order valence-electron chi connectivity index (χ1n) is 9.41. The molecule has 0 aliphatic carbocycles. The van der Waals surface area contributed by atoms with E-state index >= 15 is 0 Å². The molecule has 0 heterocycles. The fourth-order valence-electron chi connectivity index (χ4n) is 3.72. The Hall–Kier alpha value is -2.87. The smallest absolute Gasteiger partial charge is 0.0837 e. The molecule has 2 heteroatoms. The Morgan fingerprint density at radius 3 is 1.32 bits per heavy atom. The van der Waals surface area contributed by atoms with Gasteiger partial charge in [-0.3, -0.25) is 0 Å². The molecule has 0 N–H and O–H groups in total. The van der Waals surface area contributed by atoms with Crippen LogP contribution in [0.5, 0.6) is 0 Å². The lowest BCUT2D eigenvalue weighted by molar-refractivity contribution is 1.65.